The van der Waals surface area contributed by atoms with Crippen LogP contribution in [-0.4, -0.2) is 19.5 Å². The molecule has 2 aliphatic rings. The number of rotatable bonds is 7. The molecule has 1 aromatic carbocycles. The van der Waals surface area contributed by atoms with Gasteiger partial charge in [-0.05, 0) is 71.6 Å². The molecular formula is C22H29BrF4O2. The molecule has 0 amide bonds. The zero-order valence-corrected chi connectivity index (χ0v) is 18.3. The topological polar surface area (TPSA) is 18.5 Å². The normalized spacial score (nSPS) is 28.5. The summed E-state index contributed by atoms with van der Waals surface area (Å²) in [6.07, 6.45) is 7.69. The molecule has 3 rings (SSSR count). The minimum absolute atomic E-state index is 0.0429. The van der Waals surface area contributed by atoms with Crippen molar-refractivity contribution in [2.45, 2.75) is 75.3 Å². The number of alkyl halides is 3. The van der Waals surface area contributed by atoms with Crippen molar-refractivity contribution in [1.29, 1.82) is 0 Å². The van der Waals surface area contributed by atoms with E-state index in [9.17, 15) is 17.6 Å². The zero-order valence-electron chi connectivity index (χ0n) is 16.7. The van der Waals surface area contributed by atoms with Crippen LogP contribution in [0.2, 0.25) is 0 Å². The van der Waals surface area contributed by atoms with E-state index in [0.717, 1.165) is 57.5 Å². The van der Waals surface area contributed by atoms with Crippen LogP contribution in [0, 0.1) is 23.5 Å². The van der Waals surface area contributed by atoms with Gasteiger partial charge < -0.3 is 9.47 Å². The molecule has 2 nitrogen and oxygen atoms in total. The van der Waals surface area contributed by atoms with E-state index in [1.54, 1.807) is 0 Å². The fourth-order valence-electron chi connectivity index (χ4n) is 4.50. The van der Waals surface area contributed by atoms with Crippen LogP contribution in [-0.2, 0) is 14.3 Å². The highest BCUT2D eigenvalue weighted by Gasteiger charge is 2.37. The first-order chi connectivity index (χ1) is 13.8. The maximum atomic E-state index is 14.1. The molecule has 7 heteroatoms. The molecule has 1 aromatic rings. The summed E-state index contributed by atoms with van der Waals surface area (Å²) in [7, 11) is 0. The largest absolute Gasteiger partial charge is 0.352 e. The molecule has 1 heterocycles. The lowest BCUT2D eigenvalue weighted by Crippen LogP contribution is -2.38. The second-order valence-corrected chi connectivity index (χ2v) is 9.36. The second-order valence-electron chi connectivity index (χ2n) is 8.37. The molecule has 1 saturated carbocycles. The summed E-state index contributed by atoms with van der Waals surface area (Å²) in [5.74, 6) is -1.73. The van der Waals surface area contributed by atoms with Crippen molar-refractivity contribution in [2.75, 3.05) is 13.2 Å². The lowest BCUT2D eigenvalue weighted by Gasteiger charge is -2.37. The Kier molecular flexibility index (Phi) is 8.01. The van der Waals surface area contributed by atoms with Gasteiger partial charge in [-0.15, -0.1) is 0 Å². The molecule has 2 fully saturated rings. The average molecular weight is 481 g/mol. The van der Waals surface area contributed by atoms with Gasteiger partial charge in [-0.3, -0.25) is 0 Å². The van der Waals surface area contributed by atoms with Gasteiger partial charge in [0.15, 0.2) is 6.29 Å². The SMILES string of the molecule is CCCCCC1COC(C2CCC(c3cc(F)c(C(F)(F)Br)c(F)c3)CC2)OC1. The molecule has 29 heavy (non-hydrogen) atoms. The van der Waals surface area contributed by atoms with Gasteiger partial charge in [0.05, 0.1) is 13.2 Å². The van der Waals surface area contributed by atoms with E-state index < -0.39 is 22.0 Å². The molecule has 0 atom stereocenters. The van der Waals surface area contributed by atoms with Crippen LogP contribution in [0.5, 0.6) is 0 Å². The van der Waals surface area contributed by atoms with Gasteiger partial charge in [-0.1, -0.05) is 26.2 Å². The molecule has 0 N–H and O–H groups in total. The standard InChI is InChI=1S/C22H29BrF4O2/c1-2-3-4-5-14-12-28-21(29-13-14)16-8-6-15(7-9-16)17-10-18(24)20(19(25)11-17)22(23,26)27/h10-11,14-16,21H,2-9,12-13H2,1H3. The number of unbranched alkanes of at least 4 members (excludes halogenated alkanes) is 2. The van der Waals surface area contributed by atoms with Crippen molar-refractivity contribution in [3.63, 3.8) is 0 Å². The Morgan fingerprint density at radius 3 is 2.10 bits per heavy atom. The molecule has 0 bridgehead atoms. The smallest absolute Gasteiger partial charge is 0.332 e. The fourth-order valence-corrected chi connectivity index (χ4v) is 4.88. The lowest BCUT2D eigenvalue weighted by molar-refractivity contribution is -0.229. The highest BCUT2D eigenvalue weighted by molar-refractivity contribution is 9.09. The second kappa shape index (κ2) is 10.1. The Hall–Kier alpha value is -0.660. The van der Waals surface area contributed by atoms with Crippen molar-refractivity contribution < 1.29 is 27.0 Å². The van der Waals surface area contributed by atoms with Crippen LogP contribution in [0.1, 0.15) is 75.3 Å². The molecule has 1 aliphatic heterocycles. The molecule has 0 radical (unpaired) electrons. The third kappa shape index (κ3) is 5.95. The number of halogens is 5. The first kappa shape index (κ1) is 23.0. The quantitative estimate of drug-likeness (QED) is 0.232. The number of hydrogen-bond donors (Lipinski definition) is 0. The first-order valence-corrected chi connectivity index (χ1v) is 11.4. The number of ether oxygens (including phenoxy) is 2. The number of hydrogen-bond acceptors (Lipinski definition) is 2. The van der Waals surface area contributed by atoms with Gasteiger partial charge in [0.25, 0.3) is 0 Å². The van der Waals surface area contributed by atoms with Gasteiger partial charge in [0.2, 0.25) is 0 Å². The number of benzene rings is 1. The minimum Gasteiger partial charge on any atom is -0.352 e. The predicted octanol–water partition coefficient (Wildman–Crippen LogP) is 7.25. The van der Waals surface area contributed by atoms with Gasteiger partial charge in [0, 0.05) is 11.8 Å². The molecule has 0 unspecified atom stereocenters. The van der Waals surface area contributed by atoms with E-state index in [1.165, 1.54) is 19.3 Å². The first-order valence-electron chi connectivity index (χ1n) is 10.6. The van der Waals surface area contributed by atoms with Crippen molar-refractivity contribution in [2.24, 2.45) is 11.8 Å². The van der Waals surface area contributed by atoms with Crippen LogP contribution >= 0.6 is 15.9 Å². The van der Waals surface area contributed by atoms with E-state index in [4.69, 9.17) is 9.47 Å². The Balaban J connectivity index is 1.51. The predicted molar refractivity (Wildman–Crippen MR) is 107 cm³/mol. The van der Waals surface area contributed by atoms with E-state index in [1.807, 2.05) is 15.9 Å². The maximum Gasteiger partial charge on any atom is 0.332 e. The van der Waals surface area contributed by atoms with Gasteiger partial charge in [-0.25, -0.2) is 8.78 Å². The highest BCUT2D eigenvalue weighted by Crippen LogP contribution is 2.42. The van der Waals surface area contributed by atoms with Crippen LogP contribution in [0.3, 0.4) is 0 Å². The summed E-state index contributed by atoms with van der Waals surface area (Å²) in [5, 5.41) is 0. The van der Waals surface area contributed by atoms with Crippen molar-refractivity contribution in [1.82, 2.24) is 0 Å². The summed E-state index contributed by atoms with van der Waals surface area (Å²) < 4.78 is 66.8. The van der Waals surface area contributed by atoms with Crippen molar-refractivity contribution in [3.05, 3.63) is 34.9 Å². The summed E-state index contributed by atoms with van der Waals surface area (Å²) in [5.41, 5.74) is -0.784. The Bertz CT molecular complexity index is 640. The minimum atomic E-state index is -3.72. The third-order valence-electron chi connectivity index (χ3n) is 6.18. The van der Waals surface area contributed by atoms with Crippen molar-refractivity contribution >= 4 is 15.9 Å². The summed E-state index contributed by atoms with van der Waals surface area (Å²) in [4.78, 5) is -3.72. The fraction of sp³-hybridized carbons (Fsp3) is 0.727. The Morgan fingerprint density at radius 2 is 1.59 bits per heavy atom. The molecular weight excluding hydrogens is 452 g/mol. The summed E-state index contributed by atoms with van der Waals surface area (Å²) in [6.45, 7) is 3.65. The van der Waals surface area contributed by atoms with Gasteiger partial charge >= 0.3 is 4.83 Å². The average Bonchev–Trinajstić information content (AvgIpc) is 2.67. The molecule has 0 aromatic heterocycles. The van der Waals surface area contributed by atoms with Crippen LogP contribution in [0.4, 0.5) is 17.6 Å². The molecule has 0 spiro atoms. The van der Waals surface area contributed by atoms with E-state index in [0.29, 0.717) is 11.5 Å². The van der Waals surface area contributed by atoms with Crippen LogP contribution in [0.25, 0.3) is 0 Å². The third-order valence-corrected chi connectivity index (χ3v) is 6.58. The summed E-state index contributed by atoms with van der Waals surface area (Å²) >= 11 is 2.04. The summed E-state index contributed by atoms with van der Waals surface area (Å²) in [6, 6.07) is 2.10. The van der Waals surface area contributed by atoms with E-state index >= 15 is 0 Å². The van der Waals surface area contributed by atoms with E-state index in [-0.39, 0.29) is 18.1 Å². The van der Waals surface area contributed by atoms with Gasteiger partial charge in [-0.2, -0.15) is 8.78 Å². The maximum absolute atomic E-state index is 14.1. The van der Waals surface area contributed by atoms with Crippen LogP contribution in [0.15, 0.2) is 12.1 Å². The van der Waals surface area contributed by atoms with E-state index in [2.05, 4.69) is 6.92 Å². The molecule has 164 valence electrons. The van der Waals surface area contributed by atoms with Crippen LogP contribution < -0.4 is 0 Å². The lowest BCUT2D eigenvalue weighted by atomic mass is 9.78. The Labute approximate surface area is 178 Å². The van der Waals surface area contributed by atoms with Crippen molar-refractivity contribution in [3.8, 4) is 0 Å². The Morgan fingerprint density at radius 1 is 1.00 bits per heavy atom. The monoisotopic (exact) mass is 480 g/mol. The zero-order chi connectivity index (χ0) is 21.0. The molecule has 1 aliphatic carbocycles. The molecule has 1 saturated heterocycles. The highest BCUT2D eigenvalue weighted by atomic mass is 79.9. The van der Waals surface area contributed by atoms with Gasteiger partial charge in [0.1, 0.15) is 17.2 Å².